The van der Waals surface area contributed by atoms with E-state index in [2.05, 4.69) is 41.0 Å². The third kappa shape index (κ3) is 6.75. The van der Waals surface area contributed by atoms with E-state index in [0.29, 0.717) is 12.0 Å². The van der Waals surface area contributed by atoms with Gasteiger partial charge in [0.2, 0.25) is 0 Å². The summed E-state index contributed by atoms with van der Waals surface area (Å²) in [6.45, 7) is 10.6. The van der Waals surface area contributed by atoms with Gasteiger partial charge < -0.3 is 16.0 Å². The molecule has 18 heavy (non-hydrogen) atoms. The molecule has 1 aliphatic rings. The zero-order valence-corrected chi connectivity index (χ0v) is 14.2. The highest BCUT2D eigenvalue weighted by Crippen LogP contribution is 2.04. The maximum Gasteiger partial charge on any atom is 0.188 e. The van der Waals surface area contributed by atoms with Gasteiger partial charge >= 0.3 is 0 Å². The fourth-order valence-corrected chi connectivity index (χ4v) is 1.92. The maximum atomic E-state index is 5.77. The van der Waals surface area contributed by atoms with Crippen LogP contribution in [0.4, 0.5) is 0 Å². The van der Waals surface area contributed by atoms with Crippen LogP contribution in [0.5, 0.6) is 0 Å². The SMILES string of the molecule is CCCNC(N)=NCC(C)N1CCN(C)CC1.I. The lowest BCUT2D eigenvalue weighted by atomic mass is 10.2. The fraction of sp³-hybridized carbons (Fsp3) is 0.917. The molecule has 1 aliphatic heterocycles. The Morgan fingerprint density at radius 1 is 1.33 bits per heavy atom. The van der Waals surface area contributed by atoms with Gasteiger partial charge in [0.25, 0.3) is 0 Å². The molecular weight excluding hydrogens is 341 g/mol. The number of aliphatic imine (C=N–C) groups is 1. The number of halogens is 1. The van der Waals surface area contributed by atoms with E-state index in [0.717, 1.165) is 45.7 Å². The molecule has 6 heteroatoms. The molecule has 108 valence electrons. The summed E-state index contributed by atoms with van der Waals surface area (Å²) in [5.41, 5.74) is 5.77. The molecule has 0 aliphatic carbocycles. The molecule has 0 aromatic heterocycles. The summed E-state index contributed by atoms with van der Waals surface area (Å²) in [6.07, 6.45) is 1.07. The van der Waals surface area contributed by atoms with Crippen LogP contribution in [0.3, 0.4) is 0 Å². The summed E-state index contributed by atoms with van der Waals surface area (Å²) in [5, 5.41) is 3.10. The second-order valence-corrected chi connectivity index (χ2v) is 4.84. The Kier molecular flexibility index (Phi) is 9.76. The fourth-order valence-electron chi connectivity index (χ4n) is 1.92. The van der Waals surface area contributed by atoms with Gasteiger partial charge in [0.15, 0.2) is 5.96 Å². The Bertz CT molecular complexity index is 239. The van der Waals surface area contributed by atoms with Gasteiger partial charge in [0, 0.05) is 38.8 Å². The molecular formula is C12H28IN5. The zero-order chi connectivity index (χ0) is 12.7. The number of nitrogens with one attached hydrogen (secondary N) is 1. The van der Waals surface area contributed by atoms with Crippen molar-refractivity contribution in [3.63, 3.8) is 0 Å². The predicted molar refractivity (Wildman–Crippen MR) is 88.7 cm³/mol. The lowest BCUT2D eigenvalue weighted by Crippen LogP contribution is -2.49. The van der Waals surface area contributed by atoms with Gasteiger partial charge in [-0.15, -0.1) is 24.0 Å². The van der Waals surface area contributed by atoms with E-state index < -0.39 is 0 Å². The lowest BCUT2D eigenvalue weighted by Gasteiger charge is -2.35. The first kappa shape index (κ1) is 17.9. The number of nitrogens with two attached hydrogens (primary N) is 1. The standard InChI is InChI=1S/C12H27N5.HI/c1-4-5-14-12(13)15-10-11(2)17-8-6-16(3)7-9-17;/h11H,4-10H2,1-3H3,(H3,13,14,15);1H. The molecule has 1 atom stereocenters. The molecule has 3 N–H and O–H groups in total. The quantitative estimate of drug-likeness (QED) is 0.422. The van der Waals surface area contributed by atoms with E-state index in [4.69, 9.17) is 5.73 Å². The second kappa shape index (κ2) is 9.80. The average Bonchev–Trinajstić information content (AvgIpc) is 2.34. The summed E-state index contributed by atoms with van der Waals surface area (Å²) >= 11 is 0. The van der Waals surface area contributed by atoms with E-state index >= 15 is 0 Å². The highest BCUT2D eigenvalue weighted by atomic mass is 127. The monoisotopic (exact) mass is 369 g/mol. The third-order valence-electron chi connectivity index (χ3n) is 3.24. The van der Waals surface area contributed by atoms with E-state index in [-0.39, 0.29) is 24.0 Å². The molecule has 0 aromatic carbocycles. The topological polar surface area (TPSA) is 56.9 Å². The summed E-state index contributed by atoms with van der Waals surface area (Å²) in [4.78, 5) is 9.23. The van der Waals surface area contributed by atoms with Gasteiger partial charge in [0.05, 0.1) is 6.54 Å². The molecule has 0 saturated carbocycles. The molecule has 1 rings (SSSR count). The molecule has 0 aromatic rings. The van der Waals surface area contributed by atoms with Crippen LogP contribution in [0.2, 0.25) is 0 Å². The number of hydrogen-bond donors (Lipinski definition) is 2. The minimum absolute atomic E-state index is 0. The van der Waals surface area contributed by atoms with Crippen molar-refractivity contribution in [3.05, 3.63) is 0 Å². The normalized spacial score (nSPS) is 20.3. The van der Waals surface area contributed by atoms with E-state index in [1.165, 1.54) is 0 Å². The Morgan fingerprint density at radius 3 is 2.50 bits per heavy atom. The third-order valence-corrected chi connectivity index (χ3v) is 3.24. The van der Waals surface area contributed by atoms with Crippen molar-refractivity contribution >= 4 is 29.9 Å². The van der Waals surface area contributed by atoms with Crippen molar-refractivity contribution in [1.29, 1.82) is 0 Å². The molecule has 0 radical (unpaired) electrons. The Morgan fingerprint density at radius 2 is 1.94 bits per heavy atom. The van der Waals surface area contributed by atoms with E-state index in [9.17, 15) is 0 Å². The van der Waals surface area contributed by atoms with Crippen molar-refractivity contribution in [2.75, 3.05) is 46.3 Å². The number of piperazine rings is 1. The largest absolute Gasteiger partial charge is 0.370 e. The number of rotatable bonds is 5. The summed E-state index contributed by atoms with van der Waals surface area (Å²) in [6, 6.07) is 0.477. The van der Waals surface area contributed by atoms with Crippen LogP contribution in [-0.2, 0) is 0 Å². The van der Waals surface area contributed by atoms with E-state index in [1.54, 1.807) is 0 Å². The van der Waals surface area contributed by atoms with Crippen LogP contribution >= 0.6 is 24.0 Å². The smallest absolute Gasteiger partial charge is 0.188 e. The Hall–Kier alpha value is -0.0800. The first-order valence-corrected chi connectivity index (χ1v) is 6.60. The maximum absolute atomic E-state index is 5.77. The minimum Gasteiger partial charge on any atom is -0.370 e. The van der Waals surface area contributed by atoms with Crippen molar-refractivity contribution in [2.45, 2.75) is 26.3 Å². The number of guanidine groups is 1. The van der Waals surface area contributed by atoms with Crippen LogP contribution < -0.4 is 11.1 Å². The average molecular weight is 369 g/mol. The number of nitrogens with zero attached hydrogens (tertiary/aromatic N) is 3. The molecule has 1 unspecified atom stereocenters. The van der Waals surface area contributed by atoms with Crippen LogP contribution in [0.1, 0.15) is 20.3 Å². The molecule has 0 spiro atoms. The first-order chi connectivity index (χ1) is 8.13. The number of hydrogen-bond acceptors (Lipinski definition) is 3. The predicted octanol–water partition coefficient (Wildman–Crippen LogP) is 0.555. The van der Waals surface area contributed by atoms with Gasteiger partial charge in [-0.05, 0) is 20.4 Å². The molecule has 1 fully saturated rings. The Balaban J connectivity index is 0.00000289. The van der Waals surface area contributed by atoms with Crippen molar-refractivity contribution in [2.24, 2.45) is 10.7 Å². The highest BCUT2D eigenvalue weighted by molar-refractivity contribution is 14.0. The van der Waals surface area contributed by atoms with Gasteiger partial charge in [0.1, 0.15) is 0 Å². The van der Waals surface area contributed by atoms with Crippen molar-refractivity contribution in [1.82, 2.24) is 15.1 Å². The second-order valence-electron chi connectivity index (χ2n) is 4.84. The Labute approximate surface area is 128 Å². The molecule has 0 amide bonds. The first-order valence-electron chi connectivity index (χ1n) is 6.60. The van der Waals surface area contributed by atoms with E-state index in [1.807, 2.05) is 0 Å². The molecule has 5 nitrogen and oxygen atoms in total. The molecule has 1 heterocycles. The van der Waals surface area contributed by atoms with Crippen LogP contribution in [0.15, 0.2) is 4.99 Å². The van der Waals surface area contributed by atoms with Crippen LogP contribution in [-0.4, -0.2) is 68.1 Å². The zero-order valence-electron chi connectivity index (χ0n) is 11.9. The number of likely N-dealkylation sites (N-methyl/N-ethyl adjacent to an activating group) is 1. The molecule has 1 saturated heterocycles. The van der Waals surface area contributed by atoms with Gasteiger partial charge in [-0.25, -0.2) is 0 Å². The van der Waals surface area contributed by atoms with Crippen molar-refractivity contribution < 1.29 is 0 Å². The van der Waals surface area contributed by atoms with Gasteiger partial charge in [-0.3, -0.25) is 9.89 Å². The highest BCUT2D eigenvalue weighted by Gasteiger charge is 2.18. The minimum atomic E-state index is 0. The lowest BCUT2D eigenvalue weighted by molar-refractivity contribution is 0.122. The van der Waals surface area contributed by atoms with Crippen LogP contribution in [0, 0.1) is 0 Å². The summed E-state index contributed by atoms with van der Waals surface area (Å²) < 4.78 is 0. The van der Waals surface area contributed by atoms with Crippen molar-refractivity contribution in [3.8, 4) is 0 Å². The molecule has 0 bridgehead atoms. The van der Waals surface area contributed by atoms with Gasteiger partial charge in [-0.2, -0.15) is 0 Å². The summed E-state index contributed by atoms with van der Waals surface area (Å²) in [5.74, 6) is 0.577. The summed E-state index contributed by atoms with van der Waals surface area (Å²) in [7, 11) is 2.17. The van der Waals surface area contributed by atoms with Crippen LogP contribution in [0.25, 0.3) is 0 Å². The van der Waals surface area contributed by atoms with Gasteiger partial charge in [-0.1, -0.05) is 6.92 Å².